The first-order chi connectivity index (χ1) is 2.89. The summed E-state index contributed by atoms with van der Waals surface area (Å²) in [6.45, 7) is 0. The molecule has 0 atom stereocenters. The van der Waals surface area contributed by atoms with E-state index >= 15 is 0 Å². The molecule has 0 fully saturated rings. The molecule has 1 rings (SSSR count). The Morgan fingerprint density at radius 2 is 2.43 bits per heavy atom. The molecule has 4 heteroatoms. The van der Waals surface area contributed by atoms with Crippen LogP contribution in [0.1, 0.15) is 0 Å². The average Bonchev–Trinajstić information content (AvgIpc) is 1.86. The summed E-state index contributed by atoms with van der Waals surface area (Å²) in [7, 11) is 0. The molecule has 3 nitrogen and oxygen atoms in total. The summed E-state index contributed by atoms with van der Waals surface area (Å²) in [5.41, 5.74) is 5.07. The summed E-state index contributed by atoms with van der Waals surface area (Å²) in [6.07, 6.45) is 1.43. The highest BCUT2D eigenvalue weighted by Gasteiger charge is 1.78. The van der Waals surface area contributed by atoms with E-state index in [2.05, 4.69) is 9.68 Å². The van der Waals surface area contributed by atoms with Crippen molar-refractivity contribution in [1.29, 1.82) is 0 Å². The molecule has 0 saturated heterocycles. The molecule has 0 aromatic carbocycles. The first-order valence-corrected chi connectivity index (χ1v) is 1.55. The third kappa shape index (κ3) is 1.45. The van der Waals surface area contributed by atoms with Gasteiger partial charge in [0.15, 0.2) is 5.82 Å². The van der Waals surface area contributed by atoms with Crippen LogP contribution in [0.15, 0.2) is 16.9 Å². The number of aromatic nitrogens is 1. The van der Waals surface area contributed by atoms with Gasteiger partial charge in [-0.3, -0.25) is 0 Å². The summed E-state index contributed by atoms with van der Waals surface area (Å²) in [5.74, 6) is 0.426. The third-order valence-electron chi connectivity index (χ3n) is 0.458. The van der Waals surface area contributed by atoms with Crippen LogP contribution < -0.4 is 5.73 Å². The van der Waals surface area contributed by atoms with E-state index in [1.54, 1.807) is 6.07 Å². The summed E-state index contributed by atoms with van der Waals surface area (Å²) < 4.78 is 4.34. The van der Waals surface area contributed by atoms with Crippen molar-refractivity contribution < 1.29 is 4.52 Å². The Kier molecular flexibility index (Phi) is 2.22. The van der Waals surface area contributed by atoms with E-state index in [0.29, 0.717) is 5.82 Å². The first kappa shape index (κ1) is 6.30. The first-order valence-electron chi connectivity index (χ1n) is 1.55. The second-order valence-electron chi connectivity index (χ2n) is 0.924. The number of rotatable bonds is 0. The van der Waals surface area contributed by atoms with Gasteiger partial charge in [-0.15, -0.1) is 12.4 Å². The van der Waals surface area contributed by atoms with Gasteiger partial charge < -0.3 is 10.3 Å². The van der Waals surface area contributed by atoms with E-state index in [9.17, 15) is 0 Å². The molecule has 1 heterocycles. The highest BCUT2D eigenvalue weighted by atomic mass is 35.5. The lowest BCUT2D eigenvalue weighted by molar-refractivity contribution is 0.423. The average molecular weight is 121 g/mol. The summed E-state index contributed by atoms with van der Waals surface area (Å²) >= 11 is 0. The standard InChI is InChI=1S/C3H4N2O.ClH/c4-3-1-2-6-5-3;/h1-2H,(H2,4,5);1H. The van der Waals surface area contributed by atoms with Crippen LogP contribution in [0.4, 0.5) is 5.82 Å². The zero-order valence-electron chi connectivity index (χ0n) is 3.50. The summed E-state index contributed by atoms with van der Waals surface area (Å²) in [4.78, 5) is 0. The van der Waals surface area contributed by atoms with Gasteiger partial charge in [-0.2, -0.15) is 0 Å². The van der Waals surface area contributed by atoms with Crippen molar-refractivity contribution in [2.75, 3.05) is 5.73 Å². The van der Waals surface area contributed by atoms with Crippen molar-refractivity contribution >= 4 is 18.2 Å². The second-order valence-corrected chi connectivity index (χ2v) is 0.924. The van der Waals surface area contributed by atoms with Gasteiger partial charge in [-0.05, 0) is 0 Å². The molecule has 0 aliphatic carbocycles. The van der Waals surface area contributed by atoms with Crippen LogP contribution in [0.3, 0.4) is 0 Å². The fourth-order valence-corrected chi connectivity index (χ4v) is 0.222. The Bertz CT molecular complexity index is 116. The van der Waals surface area contributed by atoms with Crippen LogP contribution in [0, 0.1) is 0 Å². The predicted octanol–water partition coefficient (Wildman–Crippen LogP) is 0.679. The number of nitrogens with zero attached hydrogens (tertiary/aromatic N) is 1. The van der Waals surface area contributed by atoms with E-state index in [1.165, 1.54) is 6.26 Å². The maximum atomic E-state index is 5.07. The van der Waals surface area contributed by atoms with Crippen LogP contribution in [-0.4, -0.2) is 5.16 Å². The molecule has 0 spiro atoms. The largest absolute Gasteiger partial charge is 0.381 e. The second kappa shape index (κ2) is 2.47. The Hall–Kier alpha value is -0.700. The smallest absolute Gasteiger partial charge is 0.166 e. The number of hydrogen-bond donors (Lipinski definition) is 1. The normalized spacial score (nSPS) is 7.43. The van der Waals surface area contributed by atoms with E-state index < -0.39 is 0 Å². The van der Waals surface area contributed by atoms with Crippen molar-refractivity contribution in [2.24, 2.45) is 0 Å². The van der Waals surface area contributed by atoms with Gasteiger partial charge in [0.25, 0.3) is 0 Å². The lowest BCUT2D eigenvalue weighted by Crippen LogP contribution is -1.79. The monoisotopic (exact) mass is 120 g/mol. The highest BCUT2D eigenvalue weighted by molar-refractivity contribution is 5.85. The molecule has 0 aliphatic heterocycles. The van der Waals surface area contributed by atoms with Gasteiger partial charge >= 0.3 is 0 Å². The number of nitrogens with two attached hydrogens (primary N) is 1. The van der Waals surface area contributed by atoms with E-state index in [-0.39, 0.29) is 12.4 Å². The molecule has 7 heavy (non-hydrogen) atoms. The lowest BCUT2D eigenvalue weighted by Gasteiger charge is -1.65. The van der Waals surface area contributed by atoms with Crippen molar-refractivity contribution in [1.82, 2.24) is 5.16 Å². The predicted molar refractivity (Wildman–Crippen MR) is 28.2 cm³/mol. The van der Waals surface area contributed by atoms with Gasteiger partial charge in [-0.25, -0.2) is 0 Å². The van der Waals surface area contributed by atoms with Crippen molar-refractivity contribution in [3.63, 3.8) is 0 Å². The minimum Gasteiger partial charge on any atom is -0.381 e. The fraction of sp³-hybridized carbons (Fsp3) is 0. The number of hydrogen-bond acceptors (Lipinski definition) is 3. The van der Waals surface area contributed by atoms with Gasteiger partial charge in [-0.1, -0.05) is 5.16 Å². The minimum atomic E-state index is 0. The van der Waals surface area contributed by atoms with E-state index in [0.717, 1.165) is 0 Å². The van der Waals surface area contributed by atoms with Crippen LogP contribution in [0.25, 0.3) is 0 Å². The van der Waals surface area contributed by atoms with E-state index in [4.69, 9.17) is 5.73 Å². The van der Waals surface area contributed by atoms with Gasteiger partial charge in [0.2, 0.25) is 0 Å². The minimum absolute atomic E-state index is 0. The van der Waals surface area contributed by atoms with Crippen LogP contribution in [0.5, 0.6) is 0 Å². The molecule has 2 N–H and O–H groups in total. The Morgan fingerprint density at radius 3 is 2.57 bits per heavy atom. The maximum absolute atomic E-state index is 5.07. The topological polar surface area (TPSA) is 52.0 Å². The van der Waals surface area contributed by atoms with Crippen molar-refractivity contribution in [3.05, 3.63) is 12.3 Å². The number of anilines is 1. The molecular weight excluding hydrogens is 115 g/mol. The van der Waals surface area contributed by atoms with Crippen LogP contribution in [-0.2, 0) is 0 Å². The van der Waals surface area contributed by atoms with E-state index in [1.807, 2.05) is 0 Å². The zero-order valence-corrected chi connectivity index (χ0v) is 4.31. The lowest BCUT2D eigenvalue weighted by atomic mass is 10.7. The molecule has 40 valence electrons. The zero-order chi connectivity index (χ0) is 4.41. The molecule has 0 unspecified atom stereocenters. The molecule has 0 aliphatic rings. The number of nitrogen functional groups attached to an aromatic ring is 1. The van der Waals surface area contributed by atoms with Crippen molar-refractivity contribution in [2.45, 2.75) is 0 Å². The maximum Gasteiger partial charge on any atom is 0.166 e. The fourth-order valence-electron chi connectivity index (χ4n) is 0.222. The summed E-state index contributed by atoms with van der Waals surface area (Å²) in [5, 5.41) is 3.32. The molecule has 0 radical (unpaired) electrons. The molecule has 0 saturated carbocycles. The number of halogens is 1. The van der Waals surface area contributed by atoms with Gasteiger partial charge in [0.05, 0.1) is 0 Å². The quantitative estimate of drug-likeness (QED) is 0.548. The Morgan fingerprint density at radius 1 is 1.71 bits per heavy atom. The van der Waals surface area contributed by atoms with Gasteiger partial charge in [0, 0.05) is 6.07 Å². The Labute approximate surface area is 46.9 Å². The molecule has 1 aromatic rings. The summed E-state index contributed by atoms with van der Waals surface area (Å²) in [6, 6.07) is 1.58. The molecule has 0 amide bonds. The van der Waals surface area contributed by atoms with Crippen LogP contribution in [0.2, 0.25) is 0 Å². The van der Waals surface area contributed by atoms with Gasteiger partial charge in [0.1, 0.15) is 6.26 Å². The third-order valence-corrected chi connectivity index (χ3v) is 0.458. The highest BCUT2D eigenvalue weighted by Crippen LogP contribution is 1.90. The Balaban J connectivity index is 0.000000360. The van der Waals surface area contributed by atoms with Crippen molar-refractivity contribution in [3.8, 4) is 0 Å². The molecular formula is C3H5ClN2O. The SMILES string of the molecule is Cl.Nc1ccon1. The van der Waals surface area contributed by atoms with Crippen LogP contribution >= 0.6 is 12.4 Å². The molecule has 0 bridgehead atoms. The molecule has 1 aromatic heterocycles.